The number of nitrogens with zero attached hydrogens (tertiary/aromatic N) is 2. The van der Waals surface area contributed by atoms with Gasteiger partial charge in [0.05, 0.1) is 5.75 Å². The first kappa shape index (κ1) is 15.9. The van der Waals surface area contributed by atoms with Crippen LogP contribution in [-0.2, 0) is 14.3 Å². The lowest BCUT2D eigenvalue weighted by Crippen LogP contribution is -2.13. The lowest BCUT2D eigenvalue weighted by atomic mass is 10.2. The van der Waals surface area contributed by atoms with Gasteiger partial charge in [-0.2, -0.15) is 0 Å². The van der Waals surface area contributed by atoms with Crippen LogP contribution in [0.5, 0.6) is 0 Å². The monoisotopic (exact) mass is 324 g/mol. The Hall–Kier alpha value is -1.47. The fourth-order valence-electron chi connectivity index (χ4n) is 1.77. The van der Waals surface area contributed by atoms with E-state index >= 15 is 0 Å². The molecule has 2 heterocycles. The van der Waals surface area contributed by atoms with Crippen LogP contribution in [0.25, 0.3) is 10.2 Å². The molecule has 21 heavy (non-hydrogen) atoms. The summed E-state index contributed by atoms with van der Waals surface area (Å²) in [4.78, 5) is 33.4. The van der Waals surface area contributed by atoms with Crippen LogP contribution in [0.1, 0.15) is 23.2 Å². The van der Waals surface area contributed by atoms with Crippen molar-refractivity contribution >= 4 is 45.1 Å². The van der Waals surface area contributed by atoms with Gasteiger partial charge in [-0.3, -0.25) is 9.59 Å². The molecule has 0 N–H and O–H groups in total. The second kappa shape index (κ2) is 6.53. The fraction of sp³-hybridized carbons (Fsp3) is 0.429. The number of aromatic nitrogens is 2. The molecule has 0 spiro atoms. The molecular formula is C14H16N2O3S2. The Morgan fingerprint density at radius 2 is 1.95 bits per heavy atom. The van der Waals surface area contributed by atoms with Gasteiger partial charge in [-0.25, -0.2) is 9.97 Å². The molecule has 5 nitrogen and oxygen atoms in total. The number of hydrogen-bond acceptors (Lipinski definition) is 7. The molecule has 2 aromatic heterocycles. The summed E-state index contributed by atoms with van der Waals surface area (Å²) in [5, 5.41) is 1.80. The number of carbonyl (C=O) groups is 2. The predicted octanol–water partition coefficient (Wildman–Crippen LogP) is 2.84. The van der Waals surface area contributed by atoms with Crippen LogP contribution in [0, 0.1) is 20.8 Å². The number of ether oxygens (including phenoxy) is 1. The first-order valence-electron chi connectivity index (χ1n) is 6.40. The number of thioether (sulfide) groups is 1. The highest BCUT2D eigenvalue weighted by molar-refractivity contribution is 8.00. The van der Waals surface area contributed by atoms with E-state index in [-0.39, 0.29) is 18.1 Å². The Morgan fingerprint density at radius 1 is 1.24 bits per heavy atom. The quantitative estimate of drug-likeness (QED) is 0.478. The highest BCUT2D eigenvalue weighted by Gasteiger charge is 2.15. The maximum atomic E-state index is 11.6. The molecule has 0 aliphatic carbocycles. The minimum absolute atomic E-state index is 0.132. The molecule has 0 aromatic carbocycles. The summed E-state index contributed by atoms with van der Waals surface area (Å²) < 4.78 is 4.85. The largest absolute Gasteiger partial charge is 0.457 e. The van der Waals surface area contributed by atoms with E-state index in [1.54, 1.807) is 11.3 Å². The van der Waals surface area contributed by atoms with Crippen molar-refractivity contribution in [2.24, 2.45) is 0 Å². The van der Waals surface area contributed by atoms with E-state index in [1.165, 1.54) is 23.6 Å². The van der Waals surface area contributed by atoms with Crippen LogP contribution >= 0.6 is 23.1 Å². The number of carbonyl (C=O) groups excluding carboxylic acids is 2. The topological polar surface area (TPSA) is 69.2 Å². The average molecular weight is 324 g/mol. The fourth-order valence-corrected chi connectivity index (χ4v) is 3.84. The van der Waals surface area contributed by atoms with E-state index in [0.29, 0.717) is 5.82 Å². The third-order valence-corrected chi connectivity index (χ3v) is 4.92. The predicted molar refractivity (Wildman–Crippen MR) is 84.0 cm³/mol. The van der Waals surface area contributed by atoms with Gasteiger partial charge in [0.2, 0.25) is 0 Å². The lowest BCUT2D eigenvalue weighted by Gasteiger charge is -2.05. The van der Waals surface area contributed by atoms with E-state index in [9.17, 15) is 9.59 Å². The molecule has 0 unspecified atom stereocenters. The second-order valence-electron chi connectivity index (χ2n) is 4.69. The zero-order valence-corrected chi connectivity index (χ0v) is 14.0. The van der Waals surface area contributed by atoms with Crippen molar-refractivity contribution in [1.29, 1.82) is 0 Å². The van der Waals surface area contributed by atoms with Crippen LogP contribution in [0.2, 0.25) is 0 Å². The van der Waals surface area contributed by atoms with Gasteiger partial charge in [-0.05, 0) is 33.3 Å². The summed E-state index contributed by atoms with van der Waals surface area (Å²) >= 11 is 2.95. The lowest BCUT2D eigenvalue weighted by molar-refractivity contribution is -0.144. The van der Waals surface area contributed by atoms with Crippen molar-refractivity contribution in [2.75, 3.05) is 12.4 Å². The Kier molecular flexibility index (Phi) is 4.95. The molecule has 2 rings (SSSR count). The molecule has 0 bridgehead atoms. The SMILES string of the molecule is CC(=O)COC(=O)CSc1nc(C)nc2sc(C)c(C)c12. The van der Waals surface area contributed by atoms with Gasteiger partial charge < -0.3 is 4.74 Å². The van der Waals surface area contributed by atoms with Crippen LogP contribution in [0.3, 0.4) is 0 Å². The molecule has 0 amide bonds. The Bertz CT molecular complexity index is 710. The van der Waals surface area contributed by atoms with Crippen LogP contribution in [-0.4, -0.2) is 34.1 Å². The van der Waals surface area contributed by atoms with E-state index in [2.05, 4.69) is 9.97 Å². The van der Waals surface area contributed by atoms with E-state index < -0.39 is 5.97 Å². The smallest absolute Gasteiger partial charge is 0.316 e. The van der Waals surface area contributed by atoms with E-state index in [4.69, 9.17) is 4.74 Å². The first-order chi connectivity index (χ1) is 9.88. The zero-order valence-electron chi connectivity index (χ0n) is 12.3. The normalized spacial score (nSPS) is 10.9. The molecule has 0 aliphatic heterocycles. The number of ketones is 1. The molecule has 0 fully saturated rings. The van der Waals surface area contributed by atoms with Crippen molar-refractivity contribution in [3.05, 3.63) is 16.3 Å². The molecule has 0 aliphatic rings. The number of Topliss-reactive ketones (excluding diaryl/α,β-unsaturated/α-hetero) is 1. The van der Waals surface area contributed by atoms with Crippen LogP contribution in [0.4, 0.5) is 0 Å². The third kappa shape index (κ3) is 3.79. The zero-order chi connectivity index (χ0) is 15.6. The van der Waals surface area contributed by atoms with Gasteiger partial charge in [0.1, 0.15) is 22.3 Å². The van der Waals surface area contributed by atoms with Crippen LogP contribution < -0.4 is 0 Å². The standard InChI is InChI=1S/C14H16N2O3S2/c1-7(17)5-19-11(18)6-20-13-12-8(2)9(3)21-14(12)16-10(4)15-13/h5-6H2,1-4H3. The highest BCUT2D eigenvalue weighted by atomic mass is 32.2. The number of esters is 1. The highest BCUT2D eigenvalue weighted by Crippen LogP contribution is 2.34. The minimum atomic E-state index is -0.413. The van der Waals surface area contributed by atoms with Crippen molar-refractivity contribution in [3.8, 4) is 0 Å². The van der Waals surface area contributed by atoms with E-state index in [0.717, 1.165) is 20.8 Å². The van der Waals surface area contributed by atoms with Crippen molar-refractivity contribution in [2.45, 2.75) is 32.7 Å². The molecule has 0 saturated heterocycles. The average Bonchev–Trinajstić information content (AvgIpc) is 2.68. The number of thiophene rings is 1. The number of hydrogen-bond donors (Lipinski definition) is 0. The molecule has 7 heteroatoms. The van der Waals surface area contributed by atoms with Crippen molar-refractivity contribution < 1.29 is 14.3 Å². The minimum Gasteiger partial charge on any atom is -0.457 e. The van der Waals surface area contributed by atoms with Gasteiger partial charge in [-0.15, -0.1) is 11.3 Å². The Balaban J connectivity index is 2.18. The van der Waals surface area contributed by atoms with Gasteiger partial charge >= 0.3 is 5.97 Å². The van der Waals surface area contributed by atoms with Gasteiger partial charge in [-0.1, -0.05) is 11.8 Å². The number of aryl methyl sites for hydroxylation is 3. The maximum Gasteiger partial charge on any atom is 0.316 e. The van der Waals surface area contributed by atoms with Crippen molar-refractivity contribution in [3.63, 3.8) is 0 Å². The second-order valence-corrected chi connectivity index (χ2v) is 6.86. The summed E-state index contributed by atoms with van der Waals surface area (Å²) in [6.45, 7) is 7.13. The third-order valence-electron chi connectivity index (χ3n) is 2.87. The molecule has 2 aromatic rings. The van der Waals surface area contributed by atoms with Gasteiger partial charge in [0.25, 0.3) is 0 Å². The molecule has 112 valence electrons. The Labute approximate surface area is 131 Å². The molecular weight excluding hydrogens is 308 g/mol. The van der Waals surface area contributed by atoms with Crippen LogP contribution in [0.15, 0.2) is 5.03 Å². The first-order valence-corrected chi connectivity index (χ1v) is 8.21. The Morgan fingerprint density at radius 3 is 2.62 bits per heavy atom. The number of fused-ring (bicyclic) bond motifs is 1. The molecule has 0 saturated carbocycles. The summed E-state index contributed by atoms with van der Waals surface area (Å²) in [6, 6.07) is 0. The maximum absolute atomic E-state index is 11.6. The number of rotatable bonds is 5. The van der Waals surface area contributed by atoms with Crippen molar-refractivity contribution in [1.82, 2.24) is 9.97 Å². The summed E-state index contributed by atoms with van der Waals surface area (Å²) in [6.07, 6.45) is 0. The van der Waals surface area contributed by atoms with Gasteiger partial charge in [0.15, 0.2) is 5.78 Å². The summed E-state index contributed by atoms with van der Waals surface area (Å²) in [5.74, 6) is 0.234. The summed E-state index contributed by atoms with van der Waals surface area (Å²) in [5.41, 5.74) is 1.15. The van der Waals surface area contributed by atoms with E-state index in [1.807, 2.05) is 20.8 Å². The molecule has 0 atom stereocenters. The summed E-state index contributed by atoms with van der Waals surface area (Å²) in [7, 11) is 0. The van der Waals surface area contributed by atoms with Gasteiger partial charge in [0, 0.05) is 10.3 Å². The molecule has 0 radical (unpaired) electrons.